The van der Waals surface area contributed by atoms with Gasteiger partial charge in [0.05, 0.1) is 5.56 Å². The number of halogens is 3. The van der Waals surface area contributed by atoms with Crippen molar-refractivity contribution in [2.45, 2.75) is 38.9 Å². The molecule has 110 valence electrons. The highest BCUT2D eigenvalue weighted by Gasteiger charge is 2.34. The Kier molecular flexibility index (Phi) is 3.82. The average molecular weight is 284 g/mol. The molecule has 20 heavy (non-hydrogen) atoms. The number of hydrogen-bond donors (Lipinski definition) is 1. The highest BCUT2D eigenvalue weighted by atomic mass is 19.4. The summed E-state index contributed by atoms with van der Waals surface area (Å²) in [5, 5.41) is 0.284. The first kappa shape index (κ1) is 14.9. The van der Waals surface area contributed by atoms with E-state index < -0.39 is 11.7 Å². The summed E-state index contributed by atoms with van der Waals surface area (Å²) >= 11 is 0. The molecule has 1 unspecified atom stereocenters. The maximum atomic E-state index is 13.2. The van der Waals surface area contributed by atoms with Crippen molar-refractivity contribution in [2.24, 2.45) is 5.73 Å². The van der Waals surface area contributed by atoms with Gasteiger partial charge in [0, 0.05) is 23.1 Å². The maximum Gasteiger partial charge on any atom is 0.417 e. The summed E-state index contributed by atoms with van der Waals surface area (Å²) in [5.74, 6) is -0.110. The molecular weight excluding hydrogens is 265 g/mol. The summed E-state index contributed by atoms with van der Waals surface area (Å²) in [5.41, 5.74) is 6.36. The van der Waals surface area contributed by atoms with Crippen LogP contribution >= 0.6 is 0 Å². The topological polar surface area (TPSA) is 30.9 Å². The SMILES string of the molecule is CC(CN)c1cn(C(C)C)c2cccc(C(F)(F)F)c12. The predicted octanol–water partition coefficient (Wildman–Crippen LogP) is 4.30. The van der Waals surface area contributed by atoms with Gasteiger partial charge < -0.3 is 10.3 Å². The lowest BCUT2D eigenvalue weighted by Gasteiger charge is -2.13. The van der Waals surface area contributed by atoms with Gasteiger partial charge >= 0.3 is 6.18 Å². The van der Waals surface area contributed by atoms with Gasteiger partial charge in [0.1, 0.15) is 0 Å². The normalized spacial score (nSPS) is 14.2. The Hall–Kier alpha value is -1.49. The van der Waals surface area contributed by atoms with E-state index in [0.717, 1.165) is 6.07 Å². The monoisotopic (exact) mass is 284 g/mol. The van der Waals surface area contributed by atoms with E-state index >= 15 is 0 Å². The van der Waals surface area contributed by atoms with Crippen LogP contribution in [-0.2, 0) is 6.18 Å². The molecule has 0 radical (unpaired) electrons. The molecule has 1 aromatic heterocycles. The smallest absolute Gasteiger partial charge is 0.345 e. The van der Waals surface area contributed by atoms with Gasteiger partial charge in [-0.25, -0.2) is 0 Å². The van der Waals surface area contributed by atoms with Crippen LogP contribution in [0, 0.1) is 0 Å². The Morgan fingerprint density at radius 2 is 1.85 bits per heavy atom. The van der Waals surface area contributed by atoms with Crippen molar-refractivity contribution in [1.82, 2.24) is 4.57 Å². The highest BCUT2D eigenvalue weighted by Crippen LogP contribution is 2.39. The van der Waals surface area contributed by atoms with Gasteiger partial charge in [-0.1, -0.05) is 13.0 Å². The van der Waals surface area contributed by atoms with Gasteiger partial charge in [0.15, 0.2) is 0 Å². The number of benzene rings is 1. The average Bonchev–Trinajstić information content (AvgIpc) is 2.76. The van der Waals surface area contributed by atoms with E-state index in [4.69, 9.17) is 5.73 Å². The van der Waals surface area contributed by atoms with E-state index in [1.807, 2.05) is 31.5 Å². The molecule has 1 aromatic carbocycles. The van der Waals surface area contributed by atoms with Gasteiger partial charge in [-0.2, -0.15) is 13.2 Å². The number of fused-ring (bicyclic) bond motifs is 1. The fourth-order valence-corrected chi connectivity index (χ4v) is 2.51. The Morgan fingerprint density at radius 1 is 1.20 bits per heavy atom. The lowest BCUT2D eigenvalue weighted by atomic mass is 9.97. The molecule has 2 aromatic rings. The van der Waals surface area contributed by atoms with Crippen molar-refractivity contribution in [3.8, 4) is 0 Å². The van der Waals surface area contributed by atoms with Gasteiger partial charge in [-0.05, 0) is 44.0 Å². The molecule has 0 fully saturated rings. The zero-order valence-electron chi connectivity index (χ0n) is 11.8. The first-order chi connectivity index (χ1) is 9.27. The molecule has 0 bridgehead atoms. The van der Waals surface area contributed by atoms with Crippen molar-refractivity contribution in [3.05, 3.63) is 35.5 Å². The maximum absolute atomic E-state index is 13.2. The van der Waals surface area contributed by atoms with Crippen LogP contribution in [0.1, 0.15) is 43.9 Å². The number of alkyl halides is 3. The molecule has 2 rings (SSSR count). The number of nitrogens with two attached hydrogens (primary N) is 1. The lowest BCUT2D eigenvalue weighted by Crippen LogP contribution is -2.11. The standard InChI is InChI=1S/C15H19F3N2/c1-9(2)20-8-11(10(3)7-19)14-12(15(16,17)18)5-4-6-13(14)20/h4-6,8-10H,7,19H2,1-3H3. The van der Waals surface area contributed by atoms with E-state index in [2.05, 4.69) is 0 Å². The summed E-state index contributed by atoms with van der Waals surface area (Å²) in [6.45, 7) is 6.09. The van der Waals surface area contributed by atoms with Crippen LogP contribution in [0.15, 0.2) is 24.4 Å². The minimum absolute atomic E-state index is 0.0970. The van der Waals surface area contributed by atoms with Gasteiger partial charge in [0.25, 0.3) is 0 Å². The molecule has 2 nitrogen and oxygen atoms in total. The third-order valence-electron chi connectivity index (χ3n) is 3.63. The Balaban J connectivity index is 2.84. The van der Waals surface area contributed by atoms with E-state index in [9.17, 15) is 13.2 Å². The molecule has 1 heterocycles. The van der Waals surface area contributed by atoms with E-state index in [1.54, 1.807) is 6.07 Å². The number of nitrogens with zero attached hydrogens (tertiary/aromatic N) is 1. The summed E-state index contributed by atoms with van der Waals surface area (Å²) in [6.07, 6.45) is -2.55. The van der Waals surface area contributed by atoms with E-state index in [-0.39, 0.29) is 17.3 Å². The molecule has 0 saturated heterocycles. The van der Waals surface area contributed by atoms with Crippen molar-refractivity contribution < 1.29 is 13.2 Å². The second kappa shape index (κ2) is 5.13. The van der Waals surface area contributed by atoms with Gasteiger partial charge in [0.2, 0.25) is 0 Å². The zero-order chi connectivity index (χ0) is 15.1. The molecule has 1 atom stereocenters. The Labute approximate surface area is 116 Å². The van der Waals surface area contributed by atoms with Crippen molar-refractivity contribution >= 4 is 10.9 Å². The van der Waals surface area contributed by atoms with Gasteiger partial charge in [-0.3, -0.25) is 0 Å². The van der Waals surface area contributed by atoms with E-state index in [0.29, 0.717) is 17.6 Å². The second-order valence-electron chi connectivity index (χ2n) is 5.42. The van der Waals surface area contributed by atoms with Crippen LogP contribution in [0.5, 0.6) is 0 Å². The molecule has 0 spiro atoms. The van der Waals surface area contributed by atoms with Crippen LogP contribution < -0.4 is 5.73 Å². The summed E-state index contributed by atoms with van der Waals surface area (Å²) < 4.78 is 41.6. The largest absolute Gasteiger partial charge is 0.417 e. The van der Waals surface area contributed by atoms with Crippen LogP contribution in [0.4, 0.5) is 13.2 Å². The first-order valence-electron chi connectivity index (χ1n) is 6.68. The van der Waals surface area contributed by atoms with Gasteiger partial charge in [-0.15, -0.1) is 0 Å². The fraction of sp³-hybridized carbons (Fsp3) is 0.467. The van der Waals surface area contributed by atoms with Crippen LogP contribution in [0.3, 0.4) is 0 Å². The van der Waals surface area contributed by atoms with Crippen molar-refractivity contribution in [3.63, 3.8) is 0 Å². The minimum Gasteiger partial charge on any atom is -0.345 e. The Morgan fingerprint density at radius 3 is 2.35 bits per heavy atom. The first-order valence-corrected chi connectivity index (χ1v) is 6.68. The summed E-state index contributed by atoms with van der Waals surface area (Å²) in [7, 11) is 0. The number of aromatic nitrogens is 1. The third-order valence-corrected chi connectivity index (χ3v) is 3.63. The minimum atomic E-state index is -4.36. The number of rotatable bonds is 3. The molecule has 0 aliphatic carbocycles. The van der Waals surface area contributed by atoms with Crippen molar-refractivity contribution in [2.75, 3.05) is 6.54 Å². The molecule has 0 amide bonds. The summed E-state index contributed by atoms with van der Waals surface area (Å²) in [6, 6.07) is 4.43. The van der Waals surface area contributed by atoms with Crippen molar-refractivity contribution in [1.29, 1.82) is 0 Å². The second-order valence-corrected chi connectivity index (χ2v) is 5.42. The lowest BCUT2D eigenvalue weighted by molar-refractivity contribution is -0.136. The third kappa shape index (κ3) is 2.42. The molecular formula is C15H19F3N2. The molecule has 2 N–H and O–H groups in total. The molecule has 0 aliphatic rings. The highest BCUT2D eigenvalue weighted by molar-refractivity contribution is 5.88. The number of hydrogen-bond acceptors (Lipinski definition) is 1. The fourth-order valence-electron chi connectivity index (χ4n) is 2.51. The Bertz CT molecular complexity index is 611. The summed E-state index contributed by atoms with van der Waals surface area (Å²) in [4.78, 5) is 0. The van der Waals surface area contributed by atoms with Crippen LogP contribution in [0.25, 0.3) is 10.9 Å². The predicted molar refractivity (Wildman–Crippen MR) is 74.8 cm³/mol. The van der Waals surface area contributed by atoms with Crippen LogP contribution in [0.2, 0.25) is 0 Å². The molecule has 5 heteroatoms. The molecule has 0 aliphatic heterocycles. The van der Waals surface area contributed by atoms with E-state index in [1.165, 1.54) is 6.07 Å². The molecule has 0 saturated carbocycles. The zero-order valence-corrected chi connectivity index (χ0v) is 11.8. The quantitative estimate of drug-likeness (QED) is 0.895. The van der Waals surface area contributed by atoms with Crippen LogP contribution in [-0.4, -0.2) is 11.1 Å².